The van der Waals surface area contributed by atoms with Crippen LogP contribution in [0.25, 0.3) is 5.57 Å². The van der Waals surface area contributed by atoms with Crippen molar-refractivity contribution in [1.29, 1.82) is 0 Å². The Morgan fingerprint density at radius 1 is 1.08 bits per heavy atom. The van der Waals surface area contributed by atoms with Crippen molar-refractivity contribution in [3.8, 4) is 5.88 Å². The largest absolute Gasteiger partial charge is 0.444 e. The van der Waals surface area contributed by atoms with E-state index in [0.29, 0.717) is 5.88 Å². The molecule has 0 atom stereocenters. The van der Waals surface area contributed by atoms with E-state index in [1.165, 1.54) is 6.07 Å². The molecule has 0 N–H and O–H groups in total. The summed E-state index contributed by atoms with van der Waals surface area (Å²) in [4.78, 5) is 4.50. The molecule has 132 valence electrons. The van der Waals surface area contributed by atoms with Crippen LogP contribution in [0.2, 0.25) is 0 Å². The van der Waals surface area contributed by atoms with Gasteiger partial charge in [-0.25, -0.2) is 9.37 Å². The van der Waals surface area contributed by atoms with E-state index in [4.69, 9.17) is 4.74 Å². The first-order valence-electron chi connectivity index (χ1n) is 8.74. The molecule has 0 fully saturated rings. The van der Waals surface area contributed by atoms with E-state index in [1.807, 2.05) is 39.1 Å². The van der Waals surface area contributed by atoms with E-state index >= 15 is 0 Å². The number of nitrogens with zero attached hydrogens (tertiary/aromatic N) is 1. The minimum Gasteiger partial charge on any atom is -0.444 e. The van der Waals surface area contributed by atoms with Gasteiger partial charge in [-0.05, 0) is 74.6 Å². The summed E-state index contributed by atoms with van der Waals surface area (Å²) in [6.45, 7) is 10.0. The van der Waals surface area contributed by atoms with Crippen LogP contribution in [0, 0.1) is 19.7 Å². The maximum absolute atomic E-state index is 13.4. The minimum absolute atomic E-state index is 0.215. The molecule has 0 saturated carbocycles. The number of halogens is 1. The lowest BCUT2D eigenvalue weighted by atomic mass is 9.94. The molecule has 0 unspecified atom stereocenters. The van der Waals surface area contributed by atoms with E-state index in [-0.39, 0.29) is 5.82 Å². The summed E-state index contributed by atoms with van der Waals surface area (Å²) in [5.74, 6) is 1.26. The van der Waals surface area contributed by atoms with Crippen molar-refractivity contribution in [2.45, 2.75) is 47.5 Å². The van der Waals surface area contributed by atoms with Crippen molar-refractivity contribution in [3.63, 3.8) is 0 Å². The van der Waals surface area contributed by atoms with Gasteiger partial charge in [0.15, 0.2) is 0 Å². The van der Waals surface area contributed by atoms with Gasteiger partial charge in [0, 0.05) is 17.3 Å². The molecule has 0 radical (unpaired) electrons. The lowest BCUT2D eigenvalue weighted by Gasteiger charge is -2.14. The summed E-state index contributed by atoms with van der Waals surface area (Å²) in [5, 5.41) is 0. The Labute approximate surface area is 150 Å². The molecule has 2 nitrogen and oxygen atoms in total. The van der Waals surface area contributed by atoms with Gasteiger partial charge in [0.2, 0.25) is 5.88 Å². The highest BCUT2D eigenvalue weighted by molar-refractivity contribution is 5.81. The molecule has 0 bridgehead atoms. The standard InChI is InChI=1S/C22H26FNO/c1-6-8-17(5)25-22-16(4)12-18(14-24-22)21(9-7-2)20-11-10-19(23)13-15(20)3/h8-14H,6-7H2,1-5H3. The Morgan fingerprint density at radius 3 is 2.40 bits per heavy atom. The zero-order valence-corrected chi connectivity index (χ0v) is 15.7. The topological polar surface area (TPSA) is 22.1 Å². The summed E-state index contributed by atoms with van der Waals surface area (Å²) >= 11 is 0. The molecule has 0 amide bonds. The minimum atomic E-state index is -0.215. The number of aryl methyl sites for hydroxylation is 2. The van der Waals surface area contributed by atoms with E-state index < -0.39 is 0 Å². The molecule has 25 heavy (non-hydrogen) atoms. The van der Waals surface area contributed by atoms with E-state index in [2.05, 4.69) is 31.0 Å². The van der Waals surface area contributed by atoms with Crippen molar-refractivity contribution >= 4 is 5.57 Å². The maximum Gasteiger partial charge on any atom is 0.221 e. The molecule has 0 aliphatic heterocycles. The molecule has 1 heterocycles. The average molecular weight is 339 g/mol. The quantitative estimate of drug-likeness (QED) is 0.570. The number of aromatic nitrogens is 1. The third-order valence-electron chi connectivity index (χ3n) is 3.98. The fourth-order valence-electron chi connectivity index (χ4n) is 2.81. The molecule has 0 saturated heterocycles. The Bertz CT molecular complexity index is 806. The first-order chi connectivity index (χ1) is 12.0. The Kier molecular flexibility index (Phi) is 6.51. The van der Waals surface area contributed by atoms with Gasteiger partial charge >= 0.3 is 0 Å². The molecule has 0 spiro atoms. The molecule has 3 heteroatoms. The van der Waals surface area contributed by atoms with Crippen LogP contribution in [0.5, 0.6) is 5.88 Å². The molecular weight excluding hydrogens is 313 g/mol. The van der Waals surface area contributed by atoms with Crippen molar-refractivity contribution < 1.29 is 9.13 Å². The summed E-state index contributed by atoms with van der Waals surface area (Å²) in [5.41, 5.74) is 5.00. The fraction of sp³-hybridized carbons (Fsp3) is 0.318. The van der Waals surface area contributed by atoms with Gasteiger partial charge in [0.25, 0.3) is 0 Å². The number of pyridine rings is 1. The Morgan fingerprint density at radius 2 is 1.80 bits per heavy atom. The summed E-state index contributed by atoms with van der Waals surface area (Å²) in [7, 11) is 0. The highest BCUT2D eigenvalue weighted by atomic mass is 19.1. The van der Waals surface area contributed by atoms with Crippen LogP contribution in [0.15, 0.2) is 48.4 Å². The van der Waals surface area contributed by atoms with E-state index in [0.717, 1.165) is 46.4 Å². The Hall–Kier alpha value is -2.42. The normalized spacial score (nSPS) is 12.4. The van der Waals surface area contributed by atoms with Crippen molar-refractivity contribution in [2.24, 2.45) is 0 Å². The van der Waals surface area contributed by atoms with Gasteiger partial charge in [-0.2, -0.15) is 0 Å². The number of benzene rings is 1. The number of rotatable bonds is 6. The van der Waals surface area contributed by atoms with Gasteiger partial charge in [0.05, 0.1) is 5.76 Å². The molecular formula is C22H26FNO. The molecule has 0 aliphatic carbocycles. The molecule has 2 aromatic rings. The summed E-state index contributed by atoms with van der Waals surface area (Å²) < 4.78 is 19.3. The van der Waals surface area contributed by atoms with E-state index in [1.54, 1.807) is 6.07 Å². The summed E-state index contributed by atoms with van der Waals surface area (Å²) in [6, 6.07) is 6.98. The maximum atomic E-state index is 13.4. The zero-order valence-electron chi connectivity index (χ0n) is 15.7. The first kappa shape index (κ1) is 18.9. The van der Waals surface area contributed by atoms with Gasteiger partial charge in [0.1, 0.15) is 5.82 Å². The second-order valence-corrected chi connectivity index (χ2v) is 6.16. The zero-order chi connectivity index (χ0) is 18.4. The second-order valence-electron chi connectivity index (χ2n) is 6.16. The fourth-order valence-corrected chi connectivity index (χ4v) is 2.81. The van der Waals surface area contributed by atoms with Gasteiger partial charge in [-0.15, -0.1) is 0 Å². The van der Waals surface area contributed by atoms with Crippen LogP contribution in [-0.4, -0.2) is 4.98 Å². The Balaban J connectivity index is 2.42. The van der Waals surface area contributed by atoms with Crippen molar-refractivity contribution in [3.05, 3.63) is 76.4 Å². The summed E-state index contributed by atoms with van der Waals surface area (Å²) in [6.07, 6.45) is 7.82. The van der Waals surface area contributed by atoms with Gasteiger partial charge in [-0.3, -0.25) is 0 Å². The van der Waals surface area contributed by atoms with Gasteiger partial charge in [-0.1, -0.05) is 26.0 Å². The van der Waals surface area contributed by atoms with Crippen LogP contribution in [0.1, 0.15) is 55.9 Å². The predicted octanol–water partition coefficient (Wildman–Crippen LogP) is 6.37. The molecule has 1 aromatic carbocycles. The third-order valence-corrected chi connectivity index (χ3v) is 3.98. The average Bonchev–Trinajstić information content (AvgIpc) is 2.55. The predicted molar refractivity (Wildman–Crippen MR) is 102 cm³/mol. The highest BCUT2D eigenvalue weighted by Gasteiger charge is 2.11. The monoisotopic (exact) mass is 339 g/mol. The lowest BCUT2D eigenvalue weighted by Crippen LogP contribution is -1.99. The number of hydrogen-bond acceptors (Lipinski definition) is 2. The van der Waals surface area contributed by atoms with Crippen LogP contribution < -0.4 is 4.74 Å². The highest BCUT2D eigenvalue weighted by Crippen LogP contribution is 2.29. The van der Waals surface area contributed by atoms with Crippen LogP contribution in [-0.2, 0) is 0 Å². The van der Waals surface area contributed by atoms with Crippen LogP contribution >= 0.6 is 0 Å². The second kappa shape index (κ2) is 8.61. The number of hydrogen-bond donors (Lipinski definition) is 0. The molecule has 1 aromatic heterocycles. The van der Waals surface area contributed by atoms with Crippen molar-refractivity contribution in [2.75, 3.05) is 0 Å². The SMILES string of the molecule is CCC=C(C)Oc1ncc(C(=CCC)c2ccc(F)cc2C)cc1C. The van der Waals surface area contributed by atoms with E-state index in [9.17, 15) is 4.39 Å². The lowest BCUT2D eigenvalue weighted by molar-refractivity contribution is 0.405. The van der Waals surface area contributed by atoms with Gasteiger partial charge < -0.3 is 4.74 Å². The van der Waals surface area contributed by atoms with Crippen molar-refractivity contribution in [1.82, 2.24) is 4.98 Å². The molecule has 2 rings (SSSR count). The smallest absolute Gasteiger partial charge is 0.221 e. The molecule has 0 aliphatic rings. The third kappa shape index (κ3) is 4.79. The first-order valence-corrected chi connectivity index (χ1v) is 8.74. The van der Waals surface area contributed by atoms with Crippen LogP contribution in [0.4, 0.5) is 4.39 Å². The number of ether oxygens (including phenoxy) is 1. The van der Waals surface area contributed by atoms with Crippen LogP contribution in [0.3, 0.4) is 0 Å². The number of allylic oxidation sites excluding steroid dienone is 3.